The average molecular weight is 237 g/mol. The van der Waals surface area contributed by atoms with Crippen molar-refractivity contribution in [3.05, 3.63) is 28.3 Å². The van der Waals surface area contributed by atoms with Crippen LogP contribution in [0.1, 0.15) is 29.2 Å². The highest BCUT2D eigenvalue weighted by atomic mass is 32.2. The molecule has 0 heterocycles. The molecule has 0 aliphatic rings. The van der Waals surface area contributed by atoms with Gasteiger partial charge >= 0.3 is 0 Å². The van der Waals surface area contributed by atoms with Crippen LogP contribution in [-0.4, -0.2) is 11.2 Å². The van der Waals surface area contributed by atoms with Crippen LogP contribution in [0.5, 0.6) is 0 Å². The fraction of sp³-hybridized carbons (Fsp3) is 0.462. The van der Waals surface area contributed by atoms with E-state index >= 15 is 0 Å². The molecule has 0 saturated heterocycles. The zero-order valence-electron chi connectivity index (χ0n) is 10.5. The predicted molar refractivity (Wildman–Crippen MR) is 69.9 cm³/mol. The van der Waals surface area contributed by atoms with Crippen LogP contribution in [0.3, 0.4) is 0 Å². The monoisotopic (exact) mass is 237 g/mol. The third-order valence-electron chi connectivity index (χ3n) is 2.99. The van der Waals surface area contributed by atoms with E-state index < -0.39 is 0 Å². The van der Waals surface area contributed by atoms with Gasteiger partial charge in [-0.25, -0.2) is 0 Å². The second-order valence-electron chi connectivity index (χ2n) is 4.25. The van der Waals surface area contributed by atoms with Crippen molar-refractivity contribution in [2.24, 2.45) is 5.73 Å². The Bertz CT molecular complexity index is 400. The summed E-state index contributed by atoms with van der Waals surface area (Å²) in [6.45, 7) is 10.2. The zero-order chi connectivity index (χ0) is 12.5. The lowest BCUT2D eigenvalue weighted by Gasteiger charge is -2.16. The van der Waals surface area contributed by atoms with Crippen LogP contribution in [0.25, 0.3) is 0 Å². The van der Waals surface area contributed by atoms with Crippen molar-refractivity contribution in [2.75, 3.05) is 0 Å². The molecule has 1 amide bonds. The maximum absolute atomic E-state index is 11.1. The Morgan fingerprint density at radius 2 is 1.62 bits per heavy atom. The summed E-state index contributed by atoms with van der Waals surface area (Å²) in [6.07, 6.45) is 0. The molecule has 0 unspecified atom stereocenters. The molecule has 1 aromatic carbocycles. The van der Waals surface area contributed by atoms with E-state index in [0.717, 1.165) is 0 Å². The van der Waals surface area contributed by atoms with Gasteiger partial charge in [0.2, 0.25) is 5.91 Å². The molecule has 16 heavy (non-hydrogen) atoms. The Hall–Kier alpha value is -0.960. The minimum atomic E-state index is -0.261. The number of benzene rings is 1. The van der Waals surface area contributed by atoms with Crippen molar-refractivity contribution in [3.63, 3.8) is 0 Å². The molecule has 0 aliphatic carbocycles. The fourth-order valence-electron chi connectivity index (χ4n) is 1.59. The third kappa shape index (κ3) is 2.59. The second kappa shape index (κ2) is 4.91. The van der Waals surface area contributed by atoms with E-state index in [4.69, 9.17) is 5.73 Å². The van der Waals surface area contributed by atoms with Crippen LogP contribution < -0.4 is 5.73 Å². The van der Waals surface area contributed by atoms with Gasteiger partial charge < -0.3 is 5.73 Å². The summed E-state index contributed by atoms with van der Waals surface area (Å²) in [5.41, 5.74) is 10.3. The second-order valence-corrected chi connectivity index (χ2v) is 5.60. The van der Waals surface area contributed by atoms with Crippen LogP contribution in [0.2, 0.25) is 0 Å². The molecule has 2 nitrogen and oxygen atoms in total. The summed E-state index contributed by atoms with van der Waals surface area (Å²) < 4.78 is 0. The molecule has 88 valence electrons. The molecule has 0 radical (unpaired) electrons. The minimum absolute atomic E-state index is 0.182. The summed E-state index contributed by atoms with van der Waals surface area (Å²) in [7, 11) is 0. The Labute approximate surface area is 102 Å². The molecule has 1 rings (SSSR count). The molecule has 2 N–H and O–H groups in total. The molecule has 0 aliphatic heterocycles. The van der Waals surface area contributed by atoms with Crippen molar-refractivity contribution in [3.8, 4) is 0 Å². The Morgan fingerprint density at radius 1 is 1.19 bits per heavy atom. The van der Waals surface area contributed by atoms with E-state index in [1.54, 1.807) is 11.8 Å². The molecule has 0 bridgehead atoms. The van der Waals surface area contributed by atoms with E-state index in [0.29, 0.717) is 0 Å². The molecule has 0 saturated carbocycles. The number of nitrogens with two attached hydrogens (primary N) is 1. The highest BCUT2D eigenvalue weighted by Crippen LogP contribution is 2.33. The number of aryl methyl sites for hydroxylation is 2. The average Bonchev–Trinajstić information content (AvgIpc) is 2.21. The van der Waals surface area contributed by atoms with Crippen LogP contribution in [0, 0.1) is 27.7 Å². The lowest BCUT2D eigenvalue weighted by atomic mass is 10.0. The molecule has 0 spiro atoms. The SMILES string of the molecule is Cc1cc(C)c(C)c(S[C@H](C)C(N)=O)c1C. The number of carbonyl (C=O) groups is 1. The van der Waals surface area contributed by atoms with Gasteiger partial charge in [0, 0.05) is 4.90 Å². The standard InChI is InChI=1S/C13H19NOS/c1-7-6-8(2)10(4)12(9(7)3)16-11(5)13(14)15/h6,11H,1-5H3,(H2,14,15)/t11-/m1/s1. The van der Waals surface area contributed by atoms with Crippen LogP contribution in [0.4, 0.5) is 0 Å². The first-order valence-corrected chi connectivity index (χ1v) is 6.26. The number of hydrogen-bond donors (Lipinski definition) is 1. The fourth-order valence-corrected chi connectivity index (χ4v) is 2.74. The smallest absolute Gasteiger partial charge is 0.230 e. The van der Waals surface area contributed by atoms with E-state index in [-0.39, 0.29) is 11.2 Å². The number of rotatable bonds is 3. The lowest BCUT2D eigenvalue weighted by Crippen LogP contribution is -2.22. The van der Waals surface area contributed by atoms with Crippen molar-refractivity contribution < 1.29 is 4.79 Å². The first-order chi connectivity index (χ1) is 7.34. The highest BCUT2D eigenvalue weighted by Gasteiger charge is 2.15. The molecule has 1 atom stereocenters. The molecule has 3 heteroatoms. The molecular weight excluding hydrogens is 218 g/mol. The van der Waals surface area contributed by atoms with Gasteiger partial charge in [-0.1, -0.05) is 6.07 Å². The summed E-state index contributed by atoms with van der Waals surface area (Å²) in [5, 5.41) is -0.182. The topological polar surface area (TPSA) is 43.1 Å². The molecule has 0 aromatic heterocycles. The van der Waals surface area contributed by atoms with Gasteiger partial charge in [0.05, 0.1) is 5.25 Å². The number of hydrogen-bond acceptors (Lipinski definition) is 2. The summed E-state index contributed by atoms with van der Waals surface area (Å²) in [5.74, 6) is -0.261. The lowest BCUT2D eigenvalue weighted by molar-refractivity contribution is -0.117. The molecular formula is C13H19NOS. The quantitative estimate of drug-likeness (QED) is 0.821. The van der Waals surface area contributed by atoms with Crippen molar-refractivity contribution >= 4 is 17.7 Å². The van der Waals surface area contributed by atoms with Crippen LogP contribution in [-0.2, 0) is 4.79 Å². The maximum Gasteiger partial charge on any atom is 0.230 e. The van der Waals surface area contributed by atoms with Gasteiger partial charge in [-0.15, -0.1) is 11.8 Å². The Kier molecular flexibility index (Phi) is 4.03. The van der Waals surface area contributed by atoms with Gasteiger partial charge in [-0.3, -0.25) is 4.79 Å². The minimum Gasteiger partial charge on any atom is -0.369 e. The summed E-state index contributed by atoms with van der Waals surface area (Å²) in [4.78, 5) is 12.3. The van der Waals surface area contributed by atoms with Crippen LogP contribution >= 0.6 is 11.8 Å². The van der Waals surface area contributed by atoms with Gasteiger partial charge in [0.1, 0.15) is 0 Å². The van der Waals surface area contributed by atoms with Crippen molar-refractivity contribution in [2.45, 2.75) is 44.8 Å². The van der Waals surface area contributed by atoms with Gasteiger partial charge in [0.15, 0.2) is 0 Å². The first kappa shape index (κ1) is 13.1. The summed E-state index contributed by atoms with van der Waals surface area (Å²) >= 11 is 1.56. The number of carbonyl (C=O) groups excluding carboxylic acids is 1. The van der Waals surface area contributed by atoms with E-state index in [1.165, 1.54) is 27.1 Å². The molecule has 0 fully saturated rings. The number of thioether (sulfide) groups is 1. The first-order valence-electron chi connectivity index (χ1n) is 5.38. The largest absolute Gasteiger partial charge is 0.369 e. The van der Waals surface area contributed by atoms with Gasteiger partial charge in [-0.05, 0) is 56.9 Å². The van der Waals surface area contributed by atoms with Gasteiger partial charge in [0.25, 0.3) is 0 Å². The zero-order valence-corrected chi connectivity index (χ0v) is 11.4. The normalized spacial score (nSPS) is 12.6. The molecule has 1 aromatic rings. The third-order valence-corrected chi connectivity index (χ3v) is 4.43. The maximum atomic E-state index is 11.1. The van der Waals surface area contributed by atoms with Crippen molar-refractivity contribution in [1.82, 2.24) is 0 Å². The number of primary amides is 1. The summed E-state index contributed by atoms with van der Waals surface area (Å²) in [6, 6.07) is 2.18. The van der Waals surface area contributed by atoms with E-state index in [9.17, 15) is 4.79 Å². The van der Waals surface area contributed by atoms with Crippen molar-refractivity contribution in [1.29, 1.82) is 0 Å². The highest BCUT2D eigenvalue weighted by molar-refractivity contribution is 8.00. The van der Waals surface area contributed by atoms with E-state index in [1.807, 2.05) is 6.92 Å². The Balaban J connectivity index is 3.17. The Morgan fingerprint density at radius 3 is 2.00 bits per heavy atom. The van der Waals surface area contributed by atoms with E-state index in [2.05, 4.69) is 33.8 Å². The predicted octanol–water partition coefficient (Wildman–Crippen LogP) is 2.89. The van der Waals surface area contributed by atoms with Crippen LogP contribution in [0.15, 0.2) is 11.0 Å². The number of amides is 1. The van der Waals surface area contributed by atoms with Gasteiger partial charge in [-0.2, -0.15) is 0 Å².